The Morgan fingerprint density at radius 2 is 1.53 bits per heavy atom. The van der Waals surface area contributed by atoms with Crippen LogP contribution >= 0.6 is 8.60 Å². The minimum atomic E-state index is -1.72. The normalized spacial score (nSPS) is 25.7. The van der Waals surface area contributed by atoms with Gasteiger partial charge in [0.1, 0.15) is 11.5 Å². The van der Waals surface area contributed by atoms with E-state index >= 15 is 0 Å². The predicted molar refractivity (Wildman–Crippen MR) is 157 cm³/mol. The molecule has 6 heteroatoms. The molecule has 0 saturated carbocycles. The van der Waals surface area contributed by atoms with Crippen LogP contribution in [0, 0.1) is 12.3 Å². The summed E-state index contributed by atoms with van der Waals surface area (Å²) >= 11 is 0. The average Bonchev–Trinajstić information content (AvgIpc) is 2.72. The zero-order valence-corrected chi connectivity index (χ0v) is 26.5. The third-order valence-corrected chi connectivity index (χ3v) is 9.19. The molecular formula is C32H48NO4P. The van der Waals surface area contributed by atoms with Gasteiger partial charge in [0.05, 0.1) is 6.10 Å². The van der Waals surface area contributed by atoms with Crippen LogP contribution in [0.2, 0.25) is 0 Å². The van der Waals surface area contributed by atoms with Crippen LogP contribution in [-0.2, 0) is 14.5 Å². The second-order valence-electron chi connectivity index (χ2n) is 14.7. The van der Waals surface area contributed by atoms with Gasteiger partial charge in [-0.05, 0) is 106 Å². The van der Waals surface area contributed by atoms with Crippen molar-refractivity contribution in [1.82, 2.24) is 5.06 Å². The summed E-state index contributed by atoms with van der Waals surface area (Å²) < 4.78 is 20.0. The Morgan fingerprint density at radius 1 is 0.921 bits per heavy atom. The van der Waals surface area contributed by atoms with Gasteiger partial charge in [-0.25, -0.2) is 0 Å². The van der Waals surface area contributed by atoms with Crippen LogP contribution in [0.3, 0.4) is 0 Å². The highest BCUT2D eigenvalue weighted by atomic mass is 31.2. The van der Waals surface area contributed by atoms with Crippen molar-refractivity contribution < 1.29 is 18.8 Å². The summed E-state index contributed by atoms with van der Waals surface area (Å²) in [5.74, 6) is 1.70. The molecule has 1 unspecified atom stereocenters. The van der Waals surface area contributed by atoms with E-state index in [0.29, 0.717) is 12.8 Å². The molecule has 1 aliphatic carbocycles. The number of aryl methyl sites for hydroxylation is 1. The minimum absolute atomic E-state index is 0.0193. The zero-order valence-electron chi connectivity index (χ0n) is 25.6. The molecule has 1 atom stereocenters. The average molecular weight is 542 g/mol. The molecule has 2 heterocycles. The summed E-state index contributed by atoms with van der Waals surface area (Å²) in [5, 5.41) is 12.3. The van der Waals surface area contributed by atoms with Crippen LogP contribution in [0.25, 0.3) is 6.08 Å². The fraction of sp³-hybridized carbons (Fsp3) is 0.625. The number of benzene rings is 1. The molecule has 0 spiro atoms. The van der Waals surface area contributed by atoms with Crippen LogP contribution < -0.4 is 4.52 Å². The number of hydroxylamine groups is 2. The van der Waals surface area contributed by atoms with Crippen LogP contribution in [0.4, 0.5) is 0 Å². The fourth-order valence-electron chi connectivity index (χ4n) is 5.89. The SMILES string of the molecule is CC1=C2OP(OC3CC(C)(C)N(O)C(C)(C)C3)Oc3c(C)cc(C(C)(C)C)cc3/C=C\2CC(C(C)(C)C)=C1. The second-order valence-corrected chi connectivity index (χ2v) is 15.7. The van der Waals surface area contributed by atoms with Gasteiger partial charge in [-0.3, -0.25) is 4.52 Å². The van der Waals surface area contributed by atoms with E-state index in [0.717, 1.165) is 34.6 Å². The van der Waals surface area contributed by atoms with Crippen LogP contribution in [0.1, 0.15) is 112 Å². The molecule has 1 fully saturated rings. The van der Waals surface area contributed by atoms with Gasteiger partial charge in [-0.15, -0.1) is 0 Å². The summed E-state index contributed by atoms with van der Waals surface area (Å²) in [6.07, 6.45) is 6.63. The van der Waals surface area contributed by atoms with Crippen molar-refractivity contribution in [1.29, 1.82) is 0 Å². The van der Waals surface area contributed by atoms with Gasteiger partial charge in [0, 0.05) is 16.6 Å². The van der Waals surface area contributed by atoms with Crippen LogP contribution in [0.15, 0.2) is 40.7 Å². The first-order valence-corrected chi connectivity index (χ1v) is 15.0. The molecule has 5 nitrogen and oxygen atoms in total. The van der Waals surface area contributed by atoms with Crippen molar-refractivity contribution in [3.63, 3.8) is 0 Å². The first kappa shape index (κ1) is 29.3. The Kier molecular flexibility index (Phi) is 7.54. The molecule has 1 saturated heterocycles. The number of nitrogens with zero attached hydrogens (tertiary/aromatic N) is 1. The maximum Gasteiger partial charge on any atom is 0.463 e. The molecule has 0 aromatic heterocycles. The molecule has 0 radical (unpaired) electrons. The number of hydrogen-bond donors (Lipinski definition) is 1. The van der Waals surface area contributed by atoms with Crippen LogP contribution in [-0.4, -0.2) is 27.5 Å². The van der Waals surface area contributed by atoms with Crippen molar-refractivity contribution in [2.75, 3.05) is 0 Å². The highest BCUT2D eigenvalue weighted by Gasteiger charge is 2.47. The Balaban J connectivity index is 1.80. The molecule has 2 aliphatic heterocycles. The summed E-state index contributed by atoms with van der Waals surface area (Å²) in [5.41, 5.74) is 6.36. The van der Waals surface area contributed by atoms with Gasteiger partial charge in [0.2, 0.25) is 0 Å². The van der Waals surface area contributed by atoms with Gasteiger partial charge in [-0.1, -0.05) is 59.3 Å². The highest BCUT2D eigenvalue weighted by molar-refractivity contribution is 7.42. The number of hydrogen-bond acceptors (Lipinski definition) is 5. The summed E-state index contributed by atoms with van der Waals surface area (Å²) in [6.45, 7) is 26.0. The van der Waals surface area contributed by atoms with Crippen molar-refractivity contribution >= 4 is 14.7 Å². The Labute approximate surface area is 231 Å². The molecular weight excluding hydrogens is 493 g/mol. The predicted octanol–water partition coefficient (Wildman–Crippen LogP) is 9.39. The van der Waals surface area contributed by atoms with E-state index in [1.807, 2.05) is 0 Å². The first-order valence-electron chi connectivity index (χ1n) is 13.9. The molecule has 0 amide bonds. The Morgan fingerprint density at radius 3 is 2.08 bits per heavy atom. The minimum Gasteiger partial charge on any atom is -0.417 e. The van der Waals surface area contributed by atoms with Gasteiger partial charge in [0.15, 0.2) is 0 Å². The number of allylic oxidation sites excluding steroid dienone is 4. The van der Waals surface area contributed by atoms with Gasteiger partial charge < -0.3 is 14.3 Å². The summed E-state index contributed by atoms with van der Waals surface area (Å²) in [4.78, 5) is 0. The molecule has 38 heavy (non-hydrogen) atoms. The van der Waals surface area contributed by atoms with Crippen molar-refractivity contribution in [2.45, 2.75) is 125 Å². The van der Waals surface area contributed by atoms with Gasteiger partial charge in [-0.2, -0.15) is 5.06 Å². The maximum absolute atomic E-state index is 10.8. The van der Waals surface area contributed by atoms with E-state index in [1.54, 1.807) is 0 Å². The van der Waals surface area contributed by atoms with Gasteiger partial charge >= 0.3 is 8.60 Å². The van der Waals surface area contributed by atoms with E-state index in [1.165, 1.54) is 21.8 Å². The number of rotatable bonds is 2. The van der Waals surface area contributed by atoms with Crippen LogP contribution in [0.5, 0.6) is 5.75 Å². The largest absolute Gasteiger partial charge is 0.463 e. The van der Waals surface area contributed by atoms with Crippen molar-refractivity contribution in [3.8, 4) is 5.75 Å². The lowest BCUT2D eigenvalue weighted by molar-refractivity contribution is -0.255. The molecule has 4 rings (SSSR count). The zero-order chi connectivity index (χ0) is 28.4. The molecule has 1 N–H and O–H groups in total. The lowest BCUT2D eigenvalue weighted by Gasteiger charge is -2.51. The van der Waals surface area contributed by atoms with E-state index in [4.69, 9.17) is 13.6 Å². The fourth-order valence-corrected chi connectivity index (χ4v) is 7.21. The van der Waals surface area contributed by atoms with E-state index in [-0.39, 0.29) is 16.9 Å². The lowest BCUT2D eigenvalue weighted by atomic mass is 9.78. The highest BCUT2D eigenvalue weighted by Crippen LogP contribution is 2.54. The summed E-state index contributed by atoms with van der Waals surface area (Å²) in [7, 11) is -1.72. The smallest absolute Gasteiger partial charge is 0.417 e. The van der Waals surface area contributed by atoms with E-state index in [9.17, 15) is 5.21 Å². The lowest BCUT2D eigenvalue weighted by Crippen LogP contribution is -2.60. The Hall–Kier alpha value is -1.65. The third kappa shape index (κ3) is 5.92. The molecule has 1 aromatic carbocycles. The second kappa shape index (κ2) is 9.77. The summed E-state index contributed by atoms with van der Waals surface area (Å²) in [6, 6.07) is 4.50. The number of piperidine rings is 1. The molecule has 210 valence electrons. The maximum atomic E-state index is 10.8. The monoisotopic (exact) mass is 541 g/mol. The standard InChI is InChI=1S/C32H48NO4P/c1-20-13-24(29(3,4)5)16-22-15-23-17-25(30(6,7)8)14-21(2)28(23)37-38(36-27(20)22)35-26-18-31(9,10)33(34)32(11,12)19-26/h13-16,26,34H,17-19H2,1-12H3/b23-15-. The topological polar surface area (TPSA) is 51.2 Å². The van der Waals surface area contributed by atoms with E-state index in [2.05, 4.69) is 107 Å². The molecule has 3 aliphatic rings. The quantitative estimate of drug-likeness (QED) is 0.378. The van der Waals surface area contributed by atoms with E-state index < -0.39 is 19.7 Å². The van der Waals surface area contributed by atoms with Crippen molar-refractivity contribution in [2.24, 2.45) is 5.41 Å². The first-order chi connectivity index (χ1) is 17.3. The molecule has 1 aromatic rings. The third-order valence-electron chi connectivity index (χ3n) is 8.05. The molecule has 0 bridgehead atoms. The number of fused-ring (bicyclic) bond motifs is 2. The van der Waals surface area contributed by atoms with Gasteiger partial charge in [0.25, 0.3) is 0 Å². The Bertz CT molecular complexity index is 1180. The van der Waals surface area contributed by atoms with Crippen molar-refractivity contribution in [3.05, 3.63) is 57.4 Å².